The third kappa shape index (κ3) is 1.98. The summed E-state index contributed by atoms with van der Waals surface area (Å²) in [6.45, 7) is 2.06. The van der Waals surface area contributed by atoms with Crippen LogP contribution in [0.5, 0.6) is 0 Å². The molecule has 5 heteroatoms. The Kier molecular flexibility index (Phi) is 3.14. The van der Waals surface area contributed by atoms with Crippen molar-refractivity contribution in [1.29, 1.82) is 0 Å². The van der Waals surface area contributed by atoms with E-state index in [9.17, 15) is 4.79 Å². The first kappa shape index (κ1) is 12.4. The number of nitrogens with zero attached hydrogens (tertiary/aromatic N) is 2. The summed E-state index contributed by atoms with van der Waals surface area (Å²) in [6, 6.07) is 0. The van der Waals surface area contributed by atoms with Crippen molar-refractivity contribution >= 4 is 23.1 Å². The number of hydrogen-bond acceptors (Lipinski definition) is 4. The fraction of sp³-hybridized carbons (Fsp3) is 0.429. The molecule has 2 aromatic heterocycles. The van der Waals surface area contributed by atoms with E-state index in [1.165, 1.54) is 4.68 Å². The molecule has 0 bridgehead atoms. The second kappa shape index (κ2) is 4.81. The molecule has 0 amide bonds. The van der Waals surface area contributed by atoms with Gasteiger partial charge in [-0.3, -0.25) is 4.79 Å². The summed E-state index contributed by atoms with van der Waals surface area (Å²) in [4.78, 5) is 12.6. The van der Waals surface area contributed by atoms with E-state index >= 15 is 0 Å². The van der Waals surface area contributed by atoms with Crippen LogP contribution in [-0.2, 0) is 19.3 Å². The molecule has 1 aliphatic rings. The number of thiophene rings is 1. The van der Waals surface area contributed by atoms with Gasteiger partial charge in [0.25, 0.3) is 5.91 Å². The SMILES string of the molecule is CCc1cscc1C(=O)n1nc(N)c2c1CCCC2. The van der Waals surface area contributed by atoms with Crippen molar-refractivity contribution in [2.24, 2.45) is 0 Å². The van der Waals surface area contributed by atoms with Crippen LogP contribution < -0.4 is 5.73 Å². The number of carbonyl (C=O) groups is 1. The highest BCUT2D eigenvalue weighted by molar-refractivity contribution is 7.08. The smallest absolute Gasteiger partial charge is 0.279 e. The van der Waals surface area contributed by atoms with E-state index < -0.39 is 0 Å². The van der Waals surface area contributed by atoms with E-state index in [0.717, 1.165) is 54.5 Å². The quantitative estimate of drug-likeness (QED) is 0.916. The second-order valence-electron chi connectivity index (χ2n) is 4.90. The third-order valence-corrected chi connectivity index (χ3v) is 4.55. The van der Waals surface area contributed by atoms with Crippen molar-refractivity contribution in [3.63, 3.8) is 0 Å². The van der Waals surface area contributed by atoms with Gasteiger partial charge in [0.2, 0.25) is 0 Å². The molecule has 2 N–H and O–H groups in total. The number of anilines is 1. The van der Waals surface area contributed by atoms with Crippen LogP contribution in [0, 0.1) is 0 Å². The highest BCUT2D eigenvalue weighted by Gasteiger charge is 2.24. The van der Waals surface area contributed by atoms with Crippen molar-refractivity contribution in [3.8, 4) is 0 Å². The van der Waals surface area contributed by atoms with Crippen LogP contribution in [-0.4, -0.2) is 15.7 Å². The molecule has 4 nitrogen and oxygen atoms in total. The van der Waals surface area contributed by atoms with Crippen molar-refractivity contribution in [1.82, 2.24) is 9.78 Å². The van der Waals surface area contributed by atoms with E-state index in [2.05, 4.69) is 12.0 Å². The number of aromatic nitrogens is 2. The highest BCUT2D eigenvalue weighted by atomic mass is 32.1. The third-order valence-electron chi connectivity index (χ3n) is 3.76. The zero-order valence-corrected chi connectivity index (χ0v) is 11.8. The fourth-order valence-electron chi connectivity index (χ4n) is 2.69. The topological polar surface area (TPSA) is 60.9 Å². The van der Waals surface area contributed by atoms with Gasteiger partial charge in [-0.15, -0.1) is 5.10 Å². The average Bonchev–Trinajstić information content (AvgIpc) is 3.03. The number of aryl methyl sites for hydroxylation is 1. The first-order chi connectivity index (χ1) is 9.22. The Bertz CT molecular complexity index is 627. The van der Waals surface area contributed by atoms with Gasteiger partial charge in [-0.1, -0.05) is 6.92 Å². The van der Waals surface area contributed by atoms with E-state index in [0.29, 0.717) is 5.82 Å². The minimum atomic E-state index is -0.0343. The summed E-state index contributed by atoms with van der Waals surface area (Å²) in [5.74, 6) is 0.490. The molecule has 0 saturated heterocycles. The molecule has 1 aliphatic carbocycles. The molecule has 0 radical (unpaired) electrons. The molecular weight excluding hydrogens is 258 g/mol. The Labute approximate surface area is 116 Å². The van der Waals surface area contributed by atoms with Crippen LogP contribution in [0.4, 0.5) is 5.82 Å². The Morgan fingerprint density at radius 2 is 2.21 bits per heavy atom. The van der Waals surface area contributed by atoms with Gasteiger partial charge in [0.15, 0.2) is 0 Å². The Morgan fingerprint density at radius 1 is 1.42 bits per heavy atom. The van der Waals surface area contributed by atoms with Crippen molar-refractivity contribution < 1.29 is 4.79 Å². The van der Waals surface area contributed by atoms with Crippen molar-refractivity contribution in [2.75, 3.05) is 5.73 Å². The maximum atomic E-state index is 12.6. The standard InChI is InChI=1S/C14H17N3OS/c1-2-9-7-19-8-11(9)14(18)17-12-6-4-3-5-10(12)13(15)16-17/h7-8H,2-6H2,1H3,(H2,15,16). The maximum Gasteiger partial charge on any atom is 0.279 e. The van der Waals surface area contributed by atoms with E-state index in [1.54, 1.807) is 11.3 Å². The molecule has 0 saturated carbocycles. The summed E-state index contributed by atoms with van der Waals surface area (Å²) in [5.41, 5.74) is 9.89. The molecule has 19 heavy (non-hydrogen) atoms. The van der Waals surface area contributed by atoms with Crippen molar-refractivity contribution in [3.05, 3.63) is 33.1 Å². The van der Waals surface area contributed by atoms with Gasteiger partial charge in [-0.05, 0) is 43.0 Å². The predicted molar refractivity (Wildman–Crippen MR) is 76.7 cm³/mol. The van der Waals surface area contributed by atoms with Gasteiger partial charge >= 0.3 is 0 Å². The van der Waals surface area contributed by atoms with Crippen LogP contribution in [0.1, 0.15) is 46.9 Å². The Hall–Kier alpha value is -1.62. The van der Waals surface area contributed by atoms with Crippen LogP contribution >= 0.6 is 11.3 Å². The molecule has 0 aromatic carbocycles. The zero-order chi connectivity index (χ0) is 13.4. The molecule has 0 atom stereocenters. The molecule has 3 rings (SSSR count). The minimum Gasteiger partial charge on any atom is -0.382 e. The lowest BCUT2D eigenvalue weighted by molar-refractivity contribution is 0.0941. The number of hydrogen-bond donors (Lipinski definition) is 1. The van der Waals surface area contributed by atoms with E-state index in [4.69, 9.17) is 5.73 Å². The number of carbonyl (C=O) groups excluding carboxylic acids is 1. The first-order valence-corrected chi connectivity index (χ1v) is 7.62. The van der Waals surface area contributed by atoms with Gasteiger partial charge in [0.1, 0.15) is 5.82 Å². The summed E-state index contributed by atoms with van der Waals surface area (Å²) in [7, 11) is 0. The van der Waals surface area contributed by atoms with Gasteiger partial charge in [0, 0.05) is 10.9 Å². The summed E-state index contributed by atoms with van der Waals surface area (Å²) in [6.07, 6.45) is 4.95. The number of nitrogen functional groups attached to an aromatic ring is 1. The first-order valence-electron chi connectivity index (χ1n) is 6.68. The van der Waals surface area contributed by atoms with Crippen molar-refractivity contribution in [2.45, 2.75) is 39.0 Å². The monoisotopic (exact) mass is 275 g/mol. The number of fused-ring (bicyclic) bond motifs is 1. The van der Waals surface area contributed by atoms with Gasteiger partial charge in [-0.2, -0.15) is 16.0 Å². The van der Waals surface area contributed by atoms with E-state index in [1.807, 2.05) is 10.8 Å². The van der Waals surface area contributed by atoms with Crippen LogP contribution in [0.2, 0.25) is 0 Å². The molecule has 0 fully saturated rings. The number of rotatable bonds is 2. The molecule has 0 unspecified atom stereocenters. The lowest BCUT2D eigenvalue weighted by Crippen LogP contribution is -2.19. The molecule has 2 heterocycles. The maximum absolute atomic E-state index is 12.6. The average molecular weight is 275 g/mol. The lowest BCUT2D eigenvalue weighted by atomic mass is 9.97. The van der Waals surface area contributed by atoms with Crippen LogP contribution in [0.15, 0.2) is 10.8 Å². The van der Waals surface area contributed by atoms with Gasteiger partial charge in [-0.25, -0.2) is 0 Å². The summed E-state index contributed by atoms with van der Waals surface area (Å²) in [5, 5.41) is 8.22. The molecule has 0 aliphatic heterocycles. The fourth-order valence-corrected chi connectivity index (χ4v) is 3.61. The number of nitrogens with two attached hydrogens (primary N) is 1. The molecular formula is C14H17N3OS. The molecule has 0 spiro atoms. The Morgan fingerprint density at radius 3 is 3.00 bits per heavy atom. The second-order valence-corrected chi connectivity index (χ2v) is 5.64. The summed E-state index contributed by atoms with van der Waals surface area (Å²) < 4.78 is 1.53. The highest BCUT2D eigenvalue weighted by Crippen LogP contribution is 2.27. The normalized spacial score (nSPS) is 14.4. The molecule has 2 aromatic rings. The minimum absolute atomic E-state index is 0.0343. The Balaban J connectivity index is 2.05. The van der Waals surface area contributed by atoms with Gasteiger partial charge < -0.3 is 5.73 Å². The summed E-state index contributed by atoms with van der Waals surface area (Å²) >= 11 is 1.56. The largest absolute Gasteiger partial charge is 0.382 e. The van der Waals surface area contributed by atoms with Gasteiger partial charge in [0.05, 0.1) is 11.3 Å². The van der Waals surface area contributed by atoms with Crippen LogP contribution in [0.3, 0.4) is 0 Å². The zero-order valence-electron chi connectivity index (χ0n) is 11.0. The molecule has 100 valence electrons. The van der Waals surface area contributed by atoms with Crippen LogP contribution in [0.25, 0.3) is 0 Å². The van der Waals surface area contributed by atoms with E-state index in [-0.39, 0.29) is 5.91 Å². The lowest BCUT2D eigenvalue weighted by Gasteiger charge is -2.13. The predicted octanol–water partition coefficient (Wildman–Crippen LogP) is 2.66.